The van der Waals surface area contributed by atoms with Crippen LogP contribution in [-0.2, 0) is 50.1 Å². The summed E-state index contributed by atoms with van der Waals surface area (Å²) >= 11 is 0. The van der Waals surface area contributed by atoms with Crippen molar-refractivity contribution in [2.45, 2.75) is 63.9 Å². The van der Waals surface area contributed by atoms with E-state index >= 15 is 0 Å². The van der Waals surface area contributed by atoms with Crippen molar-refractivity contribution in [2.24, 2.45) is 0 Å². The SMILES string of the molecule is C[C@H]1O[C@H](COCc2ccccc2)[C@@H](OCc2ccccc2)[C@H](OCc2ccccc2)[C@@H]1OCc1ccccc1. The van der Waals surface area contributed by atoms with Gasteiger partial charge in [-0.25, -0.2) is 0 Å². The average molecular weight is 539 g/mol. The minimum absolute atomic E-state index is 0.216. The van der Waals surface area contributed by atoms with Crippen molar-refractivity contribution < 1.29 is 23.7 Å². The lowest BCUT2D eigenvalue weighted by atomic mass is 9.94. The quantitative estimate of drug-likeness (QED) is 0.189. The van der Waals surface area contributed by atoms with Crippen molar-refractivity contribution in [3.05, 3.63) is 144 Å². The van der Waals surface area contributed by atoms with Crippen molar-refractivity contribution in [3.8, 4) is 0 Å². The minimum atomic E-state index is -0.392. The third-order valence-corrected chi connectivity index (χ3v) is 7.12. The van der Waals surface area contributed by atoms with Crippen LogP contribution in [0.2, 0.25) is 0 Å². The molecule has 0 unspecified atom stereocenters. The summed E-state index contributed by atoms with van der Waals surface area (Å²) in [6.45, 7) is 4.29. The highest BCUT2D eigenvalue weighted by Gasteiger charge is 2.46. The van der Waals surface area contributed by atoms with Crippen LogP contribution in [-0.4, -0.2) is 37.1 Å². The topological polar surface area (TPSA) is 46.2 Å². The number of ether oxygens (including phenoxy) is 5. The summed E-state index contributed by atoms with van der Waals surface area (Å²) < 4.78 is 32.5. The summed E-state index contributed by atoms with van der Waals surface area (Å²) in [6, 6.07) is 40.8. The first-order valence-electron chi connectivity index (χ1n) is 14.0. The van der Waals surface area contributed by atoms with E-state index in [0.29, 0.717) is 33.0 Å². The Labute approximate surface area is 237 Å². The molecule has 0 N–H and O–H groups in total. The zero-order valence-electron chi connectivity index (χ0n) is 23.0. The molecule has 0 spiro atoms. The van der Waals surface area contributed by atoms with E-state index in [1.54, 1.807) is 0 Å². The van der Waals surface area contributed by atoms with Crippen LogP contribution in [0.25, 0.3) is 0 Å². The highest BCUT2D eigenvalue weighted by molar-refractivity contribution is 5.16. The molecule has 1 heterocycles. The largest absolute Gasteiger partial charge is 0.374 e. The standard InChI is InChI=1S/C35H38O5/c1-27-33(37-23-29-16-8-3-9-17-29)35(39-25-31-20-12-5-13-21-31)34(38-24-30-18-10-4-11-19-30)32(40-27)26-36-22-28-14-6-2-7-15-28/h2-21,27,32-35H,22-26H2,1H3/t27-,32-,33-,34-,35-/m1/s1. The third kappa shape index (κ3) is 8.10. The summed E-state index contributed by atoms with van der Waals surface area (Å²) in [6.07, 6.45) is -1.61. The van der Waals surface area contributed by atoms with Crippen LogP contribution in [0.3, 0.4) is 0 Å². The van der Waals surface area contributed by atoms with Gasteiger partial charge in [0, 0.05) is 0 Å². The Balaban J connectivity index is 1.36. The molecule has 0 aromatic heterocycles. The summed E-state index contributed by atoms with van der Waals surface area (Å²) in [5.41, 5.74) is 4.41. The van der Waals surface area contributed by atoms with E-state index in [0.717, 1.165) is 22.3 Å². The first-order chi connectivity index (χ1) is 19.8. The van der Waals surface area contributed by atoms with Crippen LogP contribution in [0, 0.1) is 0 Å². The summed E-state index contributed by atoms with van der Waals surface area (Å²) in [5.74, 6) is 0. The zero-order valence-corrected chi connectivity index (χ0v) is 23.0. The molecular formula is C35H38O5. The maximum Gasteiger partial charge on any atom is 0.115 e. The van der Waals surface area contributed by atoms with Crippen LogP contribution in [0.5, 0.6) is 0 Å². The molecule has 40 heavy (non-hydrogen) atoms. The number of hydrogen-bond donors (Lipinski definition) is 0. The van der Waals surface area contributed by atoms with Gasteiger partial charge in [0.25, 0.3) is 0 Å². The number of rotatable bonds is 13. The Morgan fingerprint density at radius 3 is 1.30 bits per heavy atom. The monoisotopic (exact) mass is 538 g/mol. The molecule has 4 aromatic carbocycles. The maximum absolute atomic E-state index is 6.65. The van der Waals surface area contributed by atoms with Crippen LogP contribution >= 0.6 is 0 Å². The Bertz CT molecular complexity index is 1240. The van der Waals surface area contributed by atoms with E-state index in [1.165, 1.54) is 0 Å². The lowest BCUT2D eigenvalue weighted by Crippen LogP contribution is -2.60. The molecule has 0 aliphatic carbocycles. The van der Waals surface area contributed by atoms with E-state index in [9.17, 15) is 0 Å². The van der Waals surface area contributed by atoms with Gasteiger partial charge in [-0.05, 0) is 29.2 Å². The molecule has 4 aromatic rings. The molecule has 1 saturated heterocycles. The fourth-order valence-corrected chi connectivity index (χ4v) is 5.02. The van der Waals surface area contributed by atoms with Crippen molar-refractivity contribution >= 4 is 0 Å². The fourth-order valence-electron chi connectivity index (χ4n) is 5.02. The van der Waals surface area contributed by atoms with Gasteiger partial charge < -0.3 is 23.7 Å². The molecular weight excluding hydrogens is 500 g/mol. The van der Waals surface area contributed by atoms with Gasteiger partial charge in [-0.1, -0.05) is 121 Å². The maximum atomic E-state index is 6.65. The summed E-state index contributed by atoms with van der Waals surface area (Å²) in [5, 5.41) is 0. The Morgan fingerprint density at radius 1 is 0.475 bits per heavy atom. The fraction of sp³-hybridized carbons (Fsp3) is 0.314. The molecule has 0 amide bonds. The molecule has 5 atom stereocenters. The highest BCUT2D eigenvalue weighted by Crippen LogP contribution is 2.30. The second-order valence-electron chi connectivity index (χ2n) is 10.2. The van der Waals surface area contributed by atoms with Crippen LogP contribution in [0.4, 0.5) is 0 Å². The van der Waals surface area contributed by atoms with Gasteiger partial charge in [0.15, 0.2) is 0 Å². The van der Waals surface area contributed by atoms with Gasteiger partial charge in [-0.15, -0.1) is 0 Å². The Morgan fingerprint density at radius 2 is 0.850 bits per heavy atom. The minimum Gasteiger partial charge on any atom is -0.374 e. The van der Waals surface area contributed by atoms with Crippen LogP contribution in [0.1, 0.15) is 29.2 Å². The molecule has 1 fully saturated rings. The van der Waals surface area contributed by atoms with E-state index < -0.39 is 6.10 Å². The predicted octanol–water partition coefficient (Wildman–Crippen LogP) is 6.75. The smallest absolute Gasteiger partial charge is 0.115 e. The third-order valence-electron chi connectivity index (χ3n) is 7.12. The molecule has 5 rings (SSSR count). The van der Waals surface area contributed by atoms with E-state index in [4.69, 9.17) is 23.7 Å². The van der Waals surface area contributed by atoms with Gasteiger partial charge in [-0.2, -0.15) is 0 Å². The first kappa shape index (κ1) is 28.2. The molecule has 0 bridgehead atoms. The van der Waals surface area contributed by atoms with Gasteiger partial charge in [0.2, 0.25) is 0 Å². The molecule has 208 valence electrons. The van der Waals surface area contributed by atoms with Crippen molar-refractivity contribution in [1.29, 1.82) is 0 Å². The van der Waals surface area contributed by atoms with Crippen LogP contribution < -0.4 is 0 Å². The van der Waals surface area contributed by atoms with E-state index in [1.807, 2.05) is 79.7 Å². The number of benzene rings is 4. The molecule has 1 aliphatic heterocycles. The van der Waals surface area contributed by atoms with Gasteiger partial charge in [0.05, 0.1) is 39.1 Å². The van der Waals surface area contributed by atoms with Crippen molar-refractivity contribution in [1.82, 2.24) is 0 Å². The Kier molecular flexibility index (Phi) is 10.5. The summed E-state index contributed by atoms with van der Waals surface area (Å²) in [7, 11) is 0. The molecule has 0 radical (unpaired) electrons. The average Bonchev–Trinajstić information content (AvgIpc) is 3.01. The van der Waals surface area contributed by atoms with Gasteiger partial charge >= 0.3 is 0 Å². The van der Waals surface area contributed by atoms with Gasteiger partial charge in [-0.3, -0.25) is 0 Å². The predicted molar refractivity (Wildman–Crippen MR) is 155 cm³/mol. The van der Waals surface area contributed by atoms with Crippen LogP contribution in [0.15, 0.2) is 121 Å². The normalized spacial score (nSPS) is 22.7. The second kappa shape index (κ2) is 14.9. The van der Waals surface area contributed by atoms with E-state index in [-0.39, 0.29) is 24.4 Å². The zero-order chi connectivity index (χ0) is 27.4. The van der Waals surface area contributed by atoms with Gasteiger partial charge in [0.1, 0.15) is 24.4 Å². The summed E-state index contributed by atoms with van der Waals surface area (Å²) in [4.78, 5) is 0. The lowest BCUT2D eigenvalue weighted by molar-refractivity contribution is -0.269. The highest BCUT2D eigenvalue weighted by atomic mass is 16.6. The van der Waals surface area contributed by atoms with E-state index in [2.05, 4.69) is 48.5 Å². The first-order valence-corrected chi connectivity index (χ1v) is 14.0. The Hall–Kier alpha value is -3.32. The molecule has 1 aliphatic rings. The van der Waals surface area contributed by atoms with Crippen molar-refractivity contribution in [3.63, 3.8) is 0 Å². The second-order valence-corrected chi connectivity index (χ2v) is 10.2. The molecule has 5 nitrogen and oxygen atoms in total. The number of hydrogen-bond acceptors (Lipinski definition) is 5. The van der Waals surface area contributed by atoms with Crippen molar-refractivity contribution in [2.75, 3.05) is 6.61 Å². The molecule has 5 heteroatoms. The molecule has 0 saturated carbocycles. The lowest BCUT2D eigenvalue weighted by Gasteiger charge is -2.45.